The summed E-state index contributed by atoms with van der Waals surface area (Å²) in [5.74, 6) is 1.19. The molecule has 1 amide bonds. The van der Waals surface area contributed by atoms with Crippen molar-refractivity contribution in [2.45, 2.75) is 19.6 Å². The Hall–Kier alpha value is -3.27. The molecule has 0 bridgehead atoms. The second-order valence-corrected chi connectivity index (χ2v) is 6.24. The van der Waals surface area contributed by atoms with Crippen molar-refractivity contribution in [1.29, 1.82) is 0 Å². The number of amides is 1. The summed E-state index contributed by atoms with van der Waals surface area (Å²) in [6, 6.07) is 24.7. The third kappa shape index (κ3) is 4.88. The number of ether oxygens (including phenoxy) is 2. The minimum absolute atomic E-state index is 0.134. The maximum Gasteiger partial charge on any atom is 0.255 e. The van der Waals surface area contributed by atoms with Crippen LogP contribution in [0.4, 0.5) is 0 Å². The van der Waals surface area contributed by atoms with Crippen molar-refractivity contribution in [2.75, 3.05) is 7.11 Å². The number of para-hydroxylation sites is 1. The zero-order chi connectivity index (χ0) is 19.1. The molecule has 0 saturated heterocycles. The highest BCUT2D eigenvalue weighted by molar-refractivity contribution is 5.97. The van der Waals surface area contributed by atoms with Crippen molar-refractivity contribution in [3.63, 3.8) is 0 Å². The van der Waals surface area contributed by atoms with E-state index in [0.29, 0.717) is 17.9 Å². The summed E-state index contributed by atoms with van der Waals surface area (Å²) in [7, 11) is 1.63. The average molecular weight is 361 g/mol. The number of benzene rings is 3. The number of hydrogen-bond donors (Lipinski definition) is 1. The summed E-state index contributed by atoms with van der Waals surface area (Å²) >= 11 is 0. The van der Waals surface area contributed by atoms with Crippen LogP contribution in [-0.4, -0.2) is 13.0 Å². The van der Waals surface area contributed by atoms with Gasteiger partial charge in [0.15, 0.2) is 0 Å². The fourth-order valence-electron chi connectivity index (χ4n) is 2.77. The van der Waals surface area contributed by atoms with E-state index < -0.39 is 0 Å². The van der Waals surface area contributed by atoms with Gasteiger partial charge in [-0.05, 0) is 42.3 Å². The fraction of sp³-hybridized carbons (Fsp3) is 0.174. The molecular formula is C23H23NO3. The Labute approximate surface area is 159 Å². The largest absolute Gasteiger partial charge is 0.497 e. The summed E-state index contributed by atoms with van der Waals surface area (Å²) in [5, 5.41) is 3.03. The first-order valence-electron chi connectivity index (χ1n) is 8.88. The van der Waals surface area contributed by atoms with Crippen LogP contribution in [0.1, 0.15) is 34.5 Å². The summed E-state index contributed by atoms with van der Waals surface area (Å²) < 4.78 is 11.1. The first-order valence-corrected chi connectivity index (χ1v) is 8.88. The molecule has 4 nitrogen and oxygen atoms in total. The van der Waals surface area contributed by atoms with Gasteiger partial charge in [0.1, 0.15) is 18.1 Å². The van der Waals surface area contributed by atoms with Crippen LogP contribution in [-0.2, 0) is 6.61 Å². The molecule has 0 aliphatic rings. The molecule has 0 unspecified atom stereocenters. The minimum atomic E-state index is -0.165. The normalized spacial score (nSPS) is 11.5. The number of methoxy groups -OCH3 is 1. The molecule has 4 heteroatoms. The molecule has 3 aromatic carbocycles. The molecule has 1 N–H and O–H groups in total. The van der Waals surface area contributed by atoms with Crippen molar-refractivity contribution >= 4 is 5.91 Å². The first-order chi connectivity index (χ1) is 13.2. The van der Waals surface area contributed by atoms with Crippen LogP contribution in [0.15, 0.2) is 78.9 Å². The Morgan fingerprint density at radius 2 is 1.59 bits per heavy atom. The first kappa shape index (κ1) is 18.5. The Morgan fingerprint density at radius 1 is 0.926 bits per heavy atom. The minimum Gasteiger partial charge on any atom is -0.497 e. The van der Waals surface area contributed by atoms with Crippen molar-refractivity contribution in [1.82, 2.24) is 5.32 Å². The van der Waals surface area contributed by atoms with Crippen molar-refractivity contribution in [3.05, 3.63) is 95.6 Å². The molecule has 0 aromatic heterocycles. The van der Waals surface area contributed by atoms with Gasteiger partial charge in [-0.1, -0.05) is 54.6 Å². The molecule has 0 aliphatic carbocycles. The molecule has 0 radical (unpaired) electrons. The van der Waals surface area contributed by atoms with Crippen LogP contribution in [0, 0.1) is 0 Å². The Morgan fingerprint density at radius 3 is 2.30 bits per heavy atom. The third-order valence-corrected chi connectivity index (χ3v) is 4.33. The van der Waals surface area contributed by atoms with Crippen molar-refractivity contribution < 1.29 is 14.3 Å². The van der Waals surface area contributed by atoms with Gasteiger partial charge in [-0.25, -0.2) is 0 Å². The second kappa shape index (κ2) is 8.90. The van der Waals surface area contributed by atoms with E-state index in [9.17, 15) is 4.79 Å². The molecule has 0 heterocycles. The van der Waals surface area contributed by atoms with Gasteiger partial charge in [-0.2, -0.15) is 0 Å². The van der Waals surface area contributed by atoms with Crippen LogP contribution in [0.3, 0.4) is 0 Å². The Balaban J connectivity index is 1.68. The van der Waals surface area contributed by atoms with Gasteiger partial charge >= 0.3 is 0 Å². The molecule has 27 heavy (non-hydrogen) atoms. The lowest BCUT2D eigenvalue weighted by atomic mass is 10.1. The highest BCUT2D eigenvalue weighted by Gasteiger charge is 2.15. The summed E-state index contributed by atoms with van der Waals surface area (Å²) in [5.41, 5.74) is 2.58. The highest BCUT2D eigenvalue weighted by atomic mass is 16.5. The van der Waals surface area contributed by atoms with E-state index in [1.165, 1.54) is 0 Å². The van der Waals surface area contributed by atoms with E-state index >= 15 is 0 Å². The highest BCUT2D eigenvalue weighted by Crippen LogP contribution is 2.22. The van der Waals surface area contributed by atoms with Gasteiger partial charge in [-0.15, -0.1) is 0 Å². The maximum atomic E-state index is 12.8. The molecular weight excluding hydrogens is 338 g/mol. The molecule has 0 aliphatic heterocycles. The van der Waals surface area contributed by atoms with Gasteiger partial charge < -0.3 is 14.8 Å². The van der Waals surface area contributed by atoms with Gasteiger partial charge in [0, 0.05) is 0 Å². The zero-order valence-electron chi connectivity index (χ0n) is 15.5. The van der Waals surface area contributed by atoms with E-state index in [4.69, 9.17) is 9.47 Å². The van der Waals surface area contributed by atoms with E-state index in [1.54, 1.807) is 13.2 Å². The van der Waals surface area contributed by atoms with Gasteiger partial charge in [0.05, 0.1) is 18.7 Å². The van der Waals surface area contributed by atoms with E-state index in [1.807, 2.05) is 79.7 Å². The summed E-state index contributed by atoms with van der Waals surface area (Å²) in [6.07, 6.45) is 0. The van der Waals surface area contributed by atoms with Crippen LogP contribution in [0.2, 0.25) is 0 Å². The molecule has 138 valence electrons. The molecule has 0 spiro atoms. The smallest absolute Gasteiger partial charge is 0.255 e. The standard InChI is InChI=1S/C23H23NO3/c1-17(19-12-14-20(26-2)15-13-19)24-23(25)21-10-6-7-11-22(21)27-16-18-8-4-3-5-9-18/h3-15,17H,16H2,1-2H3,(H,24,25)/t17-/m0/s1. The third-order valence-electron chi connectivity index (χ3n) is 4.33. The monoisotopic (exact) mass is 361 g/mol. The number of nitrogens with one attached hydrogen (secondary N) is 1. The van der Waals surface area contributed by atoms with Gasteiger partial charge in [0.25, 0.3) is 5.91 Å². The predicted molar refractivity (Wildman–Crippen MR) is 106 cm³/mol. The lowest BCUT2D eigenvalue weighted by molar-refractivity contribution is 0.0935. The van der Waals surface area contributed by atoms with E-state index in [0.717, 1.165) is 16.9 Å². The molecule has 0 saturated carbocycles. The van der Waals surface area contributed by atoms with Gasteiger partial charge in [-0.3, -0.25) is 4.79 Å². The Bertz CT molecular complexity index is 876. The summed E-state index contributed by atoms with van der Waals surface area (Å²) in [4.78, 5) is 12.8. The fourth-order valence-corrected chi connectivity index (χ4v) is 2.77. The SMILES string of the molecule is COc1ccc([C@H](C)NC(=O)c2ccccc2OCc2ccccc2)cc1. The number of carbonyl (C=O) groups excluding carboxylic acids is 1. The lowest BCUT2D eigenvalue weighted by Crippen LogP contribution is -2.27. The van der Waals surface area contributed by atoms with Crippen molar-refractivity contribution in [3.8, 4) is 11.5 Å². The summed E-state index contributed by atoms with van der Waals surface area (Å²) in [6.45, 7) is 2.37. The topological polar surface area (TPSA) is 47.6 Å². The van der Waals surface area contributed by atoms with Crippen LogP contribution < -0.4 is 14.8 Å². The molecule has 3 aromatic rings. The van der Waals surface area contributed by atoms with Crippen molar-refractivity contribution in [2.24, 2.45) is 0 Å². The molecule has 3 rings (SSSR count). The number of hydrogen-bond acceptors (Lipinski definition) is 3. The maximum absolute atomic E-state index is 12.8. The number of rotatable bonds is 7. The lowest BCUT2D eigenvalue weighted by Gasteiger charge is -2.17. The second-order valence-electron chi connectivity index (χ2n) is 6.24. The average Bonchev–Trinajstić information content (AvgIpc) is 2.73. The van der Waals surface area contributed by atoms with E-state index in [-0.39, 0.29) is 11.9 Å². The molecule has 1 atom stereocenters. The zero-order valence-corrected chi connectivity index (χ0v) is 15.5. The van der Waals surface area contributed by atoms with E-state index in [2.05, 4.69) is 5.32 Å². The predicted octanol–water partition coefficient (Wildman–Crippen LogP) is 4.77. The molecule has 0 fully saturated rings. The van der Waals surface area contributed by atoms with Gasteiger partial charge in [0.2, 0.25) is 0 Å². The number of carbonyl (C=O) groups is 1. The van der Waals surface area contributed by atoms with Crippen LogP contribution in [0.25, 0.3) is 0 Å². The quantitative estimate of drug-likeness (QED) is 0.660. The van der Waals surface area contributed by atoms with Crippen LogP contribution >= 0.6 is 0 Å². The Kier molecular flexibility index (Phi) is 6.10. The van der Waals surface area contributed by atoms with Crippen LogP contribution in [0.5, 0.6) is 11.5 Å².